The molecule has 0 fully saturated rings. The standard InChI is InChI=1S/2C2H6.Pd/c2*1-2;/h2*1-2H3;/q;;+2. The zero-order valence-electron chi connectivity index (χ0n) is 4.32. The summed E-state index contributed by atoms with van der Waals surface area (Å²) < 4.78 is 0. The second kappa shape index (κ2) is 143. The first-order valence-electron chi connectivity index (χ1n) is 2.00. The largest absolute Gasteiger partial charge is 2.00 e. The molecule has 36 valence electrons. The first kappa shape index (κ1) is 17.4. The Morgan fingerprint density at radius 2 is 0.600 bits per heavy atom. The molecule has 0 bridgehead atoms. The van der Waals surface area contributed by atoms with Crippen LogP contribution in [0.4, 0.5) is 0 Å². The van der Waals surface area contributed by atoms with E-state index < -0.39 is 0 Å². The molecule has 0 aliphatic carbocycles. The van der Waals surface area contributed by atoms with Crippen LogP contribution in [0.1, 0.15) is 27.7 Å². The second-order valence-corrected chi connectivity index (χ2v) is 0. The predicted octanol–water partition coefficient (Wildman–Crippen LogP) is 2.05. The Hall–Kier alpha value is 0.662. The maximum Gasteiger partial charge on any atom is 2.00 e. The van der Waals surface area contributed by atoms with Crippen molar-refractivity contribution in [2.75, 3.05) is 0 Å². The van der Waals surface area contributed by atoms with Gasteiger partial charge < -0.3 is 0 Å². The monoisotopic (exact) mass is 166 g/mol. The van der Waals surface area contributed by atoms with E-state index in [-0.39, 0.29) is 20.4 Å². The van der Waals surface area contributed by atoms with Gasteiger partial charge in [0.25, 0.3) is 0 Å². The molecule has 0 rings (SSSR count). The van der Waals surface area contributed by atoms with Gasteiger partial charge in [0, 0.05) is 0 Å². The van der Waals surface area contributed by atoms with E-state index in [9.17, 15) is 0 Å². The number of hydrogen-bond donors (Lipinski definition) is 0. The quantitative estimate of drug-likeness (QED) is 0.483. The van der Waals surface area contributed by atoms with Crippen LogP contribution in [0.25, 0.3) is 0 Å². The molecule has 5 heavy (non-hydrogen) atoms. The Balaban J connectivity index is -0.0000000133. The van der Waals surface area contributed by atoms with Crippen LogP contribution in [0, 0.1) is 0 Å². The summed E-state index contributed by atoms with van der Waals surface area (Å²) in [5, 5.41) is 0. The van der Waals surface area contributed by atoms with E-state index >= 15 is 0 Å². The van der Waals surface area contributed by atoms with Crippen molar-refractivity contribution in [3.8, 4) is 0 Å². The van der Waals surface area contributed by atoms with Gasteiger partial charge in [-0.25, -0.2) is 0 Å². The van der Waals surface area contributed by atoms with E-state index in [1.54, 1.807) is 0 Å². The van der Waals surface area contributed by atoms with E-state index in [0.29, 0.717) is 0 Å². The van der Waals surface area contributed by atoms with Crippen molar-refractivity contribution in [2.45, 2.75) is 27.7 Å². The Morgan fingerprint density at radius 3 is 0.600 bits per heavy atom. The molecule has 0 saturated carbocycles. The van der Waals surface area contributed by atoms with Crippen LogP contribution in [0.3, 0.4) is 0 Å². The molecular weight excluding hydrogens is 154 g/mol. The molecule has 0 aromatic carbocycles. The number of hydrogen-bond acceptors (Lipinski definition) is 0. The average Bonchev–Trinajstić information content (AvgIpc) is 1.50. The van der Waals surface area contributed by atoms with Gasteiger partial charge in [0.1, 0.15) is 0 Å². The van der Waals surface area contributed by atoms with Crippen LogP contribution in [0.5, 0.6) is 0 Å². The van der Waals surface area contributed by atoms with Gasteiger partial charge in [-0.15, -0.1) is 0 Å². The summed E-state index contributed by atoms with van der Waals surface area (Å²) in [6.45, 7) is 8.00. The van der Waals surface area contributed by atoms with Gasteiger partial charge in [0.05, 0.1) is 0 Å². The summed E-state index contributed by atoms with van der Waals surface area (Å²) in [7, 11) is 0. The summed E-state index contributed by atoms with van der Waals surface area (Å²) in [5.74, 6) is 0. The van der Waals surface area contributed by atoms with E-state index in [1.807, 2.05) is 27.7 Å². The van der Waals surface area contributed by atoms with Crippen molar-refractivity contribution in [1.29, 1.82) is 0 Å². The van der Waals surface area contributed by atoms with E-state index in [2.05, 4.69) is 0 Å². The first-order valence-corrected chi connectivity index (χ1v) is 2.00. The minimum Gasteiger partial charge on any atom is -0.0683 e. The SMILES string of the molecule is CC.CC.[Pd+2]. The van der Waals surface area contributed by atoms with Gasteiger partial charge in [0.15, 0.2) is 0 Å². The van der Waals surface area contributed by atoms with Gasteiger partial charge in [-0.2, -0.15) is 0 Å². The van der Waals surface area contributed by atoms with Crippen molar-refractivity contribution in [3.63, 3.8) is 0 Å². The normalized spacial score (nSPS) is 2.40. The molecule has 0 spiro atoms. The predicted molar refractivity (Wildman–Crippen MR) is 22.7 cm³/mol. The summed E-state index contributed by atoms with van der Waals surface area (Å²) in [6.07, 6.45) is 0. The molecule has 0 amide bonds. The smallest absolute Gasteiger partial charge is 0.0683 e. The van der Waals surface area contributed by atoms with Crippen LogP contribution in [0.2, 0.25) is 0 Å². The maximum absolute atomic E-state index is 2.00. The molecule has 0 aliphatic rings. The molecule has 0 nitrogen and oxygen atoms in total. The third-order valence-electron chi connectivity index (χ3n) is 0. The molecule has 0 radical (unpaired) electrons. The van der Waals surface area contributed by atoms with Gasteiger partial charge in [0.2, 0.25) is 0 Å². The van der Waals surface area contributed by atoms with Gasteiger partial charge >= 0.3 is 20.4 Å². The van der Waals surface area contributed by atoms with Gasteiger partial charge in [-0.1, -0.05) is 27.7 Å². The van der Waals surface area contributed by atoms with Crippen molar-refractivity contribution >= 4 is 0 Å². The second-order valence-electron chi connectivity index (χ2n) is 0. The summed E-state index contributed by atoms with van der Waals surface area (Å²) in [4.78, 5) is 0. The fourth-order valence-corrected chi connectivity index (χ4v) is 0. The minimum absolute atomic E-state index is 0. The van der Waals surface area contributed by atoms with Gasteiger partial charge in [-0.3, -0.25) is 0 Å². The zero-order valence-corrected chi connectivity index (χ0v) is 5.87. The van der Waals surface area contributed by atoms with E-state index in [1.165, 1.54) is 0 Å². The van der Waals surface area contributed by atoms with E-state index in [4.69, 9.17) is 0 Å². The molecule has 0 atom stereocenters. The maximum atomic E-state index is 2.00. The molecule has 1 heteroatoms. The third kappa shape index (κ3) is 75.3. The molecule has 0 aromatic rings. The minimum atomic E-state index is 0. The third-order valence-corrected chi connectivity index (χ3v) is 0. The summed E-state index contributed by atoms with van der Waals surface area (Å²) in [5.41, 5.74) is 0. The topological polar surface area (TPSA) is 0 Å². The first-order chi connectivity index (χ1) is 2.00. The van der Waals surface area contributed by atoms with Crippen LogP contribution in [0.15, 0.2) is 0 Å². The summed E-state index contributed by atoms with van der Waals surface area (Å²) in [6, 6.07) is 0. The molecule has 0 unspecified atom stereocenters. The van der Waals surface area contributed by atoms with Crippen molar-refractivity contribution in [1.82, 2.24) is 0 Å². The molecule has 0 saturated heterocycles. The fraction of sp³-hybridized carbons (Fsp3) is 1.00. The van der Waals surface area contributed by atoms with Crippen molar-refractivity contribution in [3.05, 3.63) is 0 Å². The van der Waals surface area contributed by atoms with E-state index in [0.717, 1.165) is 0 Å². The van der Waals surface area contributed by atoms with Crippen LogP contribution < -0.4 is 0 Å². The molecule has 0 N–H and O–H groups in total. The van der Waals surface area contributed by atoms with Crippen LogP contribution in [-0.2, 0) is 20.4 Å². The average molecular weight is 167 g/mol. The molecular formula is C4H12Pd+2. The number of rotatable bonds is 0. The Morgan fingerprint density at radius 1 is 0.600 bits per heavy atom. The molecule has 0 aromatic heterocycles. The van der Waals surface area contributed by atoms with Crippen LogP contribution >= 0.6 is 0 Å². The fourth-order valence-electron chi connectivity index (χ4n) is 0. The zero-order chi connectivity index (χ0) is 4.00. The Kier molecular flexibility index (Phi) is 495. The Labute approximate surface area is 48.6 Å². The Bertz CT molecular complexity index is 3.61. The van der Waals surface area contributed by atoms with Crippen molar-refractivity contribution < 1.29 is 20.4 Å². The van der Waals surface area contributed by atoms with Crippen LogP contribution in [-0.4, -0.2) is 0 Å². The molecule has 0 aliphatic heterocycles. The summed E-state index contributed by atoms with van der Waals surface area (Å²) >= 11 is 0. The van der Waals surface area contributed by atoms with Crippen molar-refractivity contribution in [2.24, 2.45) is 0 Å². The molecule has 0 heterocycles. The van der Waals surface area contributed by atoms with Gasteiger partial charge in [-0.05, 0) is 0 Å².